The molecule has 0 aliphatic carbocycles. The first kappa shape index (κ1) is 24.2. The van der Waals surface area contributed by atoms with E-state index in [-0.39, 0.29) is 17.9 Å². The lowest BCUT2D eigenvalue weighted by Gasteiger charge is -2.28. The Labute approximate surface area is 158 Å². The molecule has 0 aromatic heterocycles. The Morgan fingerprint density at radius 2 is 1.56 bits per heavy atom. The second-order valence-corrected chi connectivity index (χ2v) is 5.66. The van der Waals surface area contributed by atoms with Crippen molar-refractivity contribution >= 4 is 17.9 Å². The van der Waals surface area contributed by atoms with E-state index in [1.54, 1.807) is 14.2 Å². The molecule has 0 fully saturated rings. The normalized spacial score (nSPS) is 12.3. The van der Waals surface area contributed by atoms with Gasteiger partial charge < -0.3 is 29.3 Å². The number of ether oxygens (including phenoxy) is 3. The molecular formula is C18H27NO8. The van der Waals surface area contributed by atoms with Gasteiger partial charge in [0.1, 0.15) is 0 Å². The fourth-order valence-electron chi connectivity index (χ4n) is 2.19. The first-order valence-corrected chi connectivity index (χ1v) is 8.11. The van der Waals surface area contributed by atoms with E-state index in [0.29, 0.717) is 18.1 Å². The number of hydrogen-bond donors (Lipinski definition) is 2. The van der Waals surface area contributed by atoms with Crippen molar-refractivity contribution in [2.45, 2.75) is 25.8 Å². The van der Waals surface area contributed by atoms with Crippen molar-refractivity contribution in [2.24, 2.45) is 0 Å². The molecule has 0 spiro atoms. The maximum absolute atomic E-state index is 12.3. The van der Waals surface area contributed by atoms with Gasteiger partial charge in [-0.05, 0) is 45.6 Å². The van der Waals surface area contributed by atoms with Crippen molar-refractivity contribution in [2.75, 3.05) is 34.9 Å². The highest BCUT2D eigenvalue weighted by molar-refractivity contribution is 6.27. The van der Waals surface area contributed by atoms with E-state index in [0.717, 1.165) is 5.56 Å². The van der Waals surface area contributed by atoms with Crippen LogP contribution in [0.4, 0.5) is 0 Å². The Balaban J connectivity index is 0.000000972. The molecule has 1 aromatic rings. The number of carbonyl (C=O) groups excluding carboxylic acids is 1. The van der Waals surface area contributed by atoms with E-state index in [9.17, 15) is 4.79 Å². The first-order chi connectivity index (χ1) is 12.6. The highest BCUT2D eigenvalue weighted by atomic mass is 16.5. The summed E-state index contributed by atoms with van der Waals surface area (Å²) >= 11 is 0. The lowest BCUT2D eigenvalue weighted by Crippen LogP contribution is -2.36. The lowest BCUT2D eigenvalue weighted by molar-refractivity contribution is -0.159. The number of hydrogen-bond acceptors (Lipinski definition) is 7. The minimum Gasteiger partial charge on any atom is -0.493 e. The van der Waals surface area contributed by atoms with Crippen LogP contribution >= 0.6 is 0 Å². The third kappa shape index (κ3) is 7.53. The summed E-state index contributed by atoms with van der Waals surface area (Å²) in [6.07, 6.45) is 0. The van der Waals surface area contributed by atoms with Gasteiger partial charge in [0, 0.05) is 6.04 Å². The Morgan fingerprint density at radius 1 is 1.04 bits per heavy atom. The number of likely N-dealkylation sites (N-methyl/N-ethyl adjacent to an activating group) is 1. The first-order valence-electron chi connectivity index (χ1n) is 8.11. The molecule has 0 saturated heterocycles. The molecule has 2 unspecified atom stereocenters. The summed E-state index contributed by atoms with van der Waals surface area (Å²) in [7, 11) is 7.05. The summed E-state index contributed by atoms with van der Waals surface area (Å²) in [5.74, 6) is -3.01. The predicted molar refractivity (Wildman–Crippen MR) is 97.3 cm³/mol. The molecule has 0 saturated carbocycles. The number of esters is 1. The van der Waals surface area contributed by atoms with E-state index in [1.165, 1.54) is 0 Å². The predicted octanol–water partition coefficient (Wildman–Crippen LogP) is 1.46. The summed E-state index contributed by atoms with van der Waals surface area (Å²) in [5, 5.41) is 14.8. The average Bonchev–Trinajstić information content (AvgIpc) is 2.62. The number of carboxylic acids is 2. The van der Waals surface area contributed by atoms with Gasteiger partial charge in [0.05, 0.1) is 26.7 Å². The molecule has 0 bridgehead atoms. The van der Waals surface area contributed by atoms with Crippen molar-refractivity contribution in [3.63, 3.8) is 0 Å². The van der Waals surface area contributed by atoms with Gasteiger partial charge >= 0.3 is 17.9 Å². The molecule has 0 heterocycles. The van der Waals surface area contributed by atoms with Crippen LogP contribution in [0.15, 0.2) is 18.2 Å². The van der Waals surface area contributed by atoms with Gasteiger partial charge in [0.2, 0.25) is 0 Å². The van der Waals surface area contributed by atoms with Gasteiger partial charge in [-0.25, -0.2) is 9.59 Å². The Bertz CT molecular complexity index is 632. The average molecular weight is 385 g/mol. The lowest BCUT2D eigenvalue weighted by atomic mass is 9.91. The quantitative estimate of drug-likeness (QED) is 0.530. The van der Waals surface area contributed by atoms with Crippen LogP contribution in [0.2, 0.25) is 0 Å². The molecule has 0 radical (unpaired) electrons. The van der Waals surface area contributed by atoms with Crippen LogP contribution in [0.25, 0.3) is 0 Å². The standard InChI is InChI=1S/C16H25NO4.C2H2O4/c1-7-21-16(18)15(11(2)17(3)4)12-8-9-13(19-5)14(10-12)20-6;3-1(4)2(5)6/h8-11,15H,7H2,1-6H3;(H,3,4)(H,5,6). The second kappa shape index (κ2) is 11.7. The van der Waals surface area contributed by atoms with Crippen LogP contribution in [0.1, 0.15) is 25.3 Å². The highest BCUT2D eigenvalue weighted by Crippen LogP contribution is 2.33. The van der Waals surface area contributed by atoms with E-state index < -0.39 is 11.9 Å². The van der Waals surface area contributed by atoms with E-state index in [1.807, 2.05) is 51.0 Å². The topological polar surface area (TPSA) is 123 Å². The number of rotatable bonds is 7. The van der Waals surface area contributed by atoms with Crippen molar-refractivity contribution in [1.29, 1.82) is 0 Å². The number of carbonyl (C=O) groups is 3. The molecule has 2 atom stereocenters. The van der Waals surface area contributed by atoms with Crippen LogP contribution < -0.4 is 9.47 Å². The molecule has 0 amide bonds. The fourth-order valence-corrected chi connectivity index (χ4v) is 2.19. The molecule has 9 heteroatoms. The van der Waals surface area contributed by atoms with Gasteiger partial charge in [0.15, 0.2) is 11.5 Å². The Morgan fingerprint density at radius 3 is 1.93 bits per heavy atom. The number of methoxy groups -OCH3 is 2. The Kier molecular flexibility index (Phi) is 10.5. The SMILES string of the molecule is CCOC(=O)C(c1ccc(OC)c(OC)c1)C(C)N(C)C.O=C(O)C(=O)O. The molecular weight excluding hydrogens is 358 g/mol. The number of nitrogens with zero attached hydrogens (tertiary/aromatic N) is 1. The van der Waals surface area contributed by atoms with Gasteiger partial charge in [-0.15, -0.1) is 0 Å². The summed E-state index contributed by atoms with van der Waals surface area (Å²) in [4.78, 5) is 32.5. The zero-order valence-corrected chi connectivity index (χ0v) is 16.4. The van der Waals surface area contributed by atoms with E-state index in [2.05, 4.69) is 0 Å². The zero-order chi connectivity index (χ0) is 21.1. The number of carboxylic acid groups (broad SMARTS) is 2. The zero-order valence-electron chi connectivity index (χ0n) is 16.4. The van der Waals surface area contributed by atoms with Crippen LogP contribution in [0, 0.1) is 0 Å². The highest BCUT2D eigenvalue weighted by Gasteiger charge is 2.30. The minimum absolute atomic E-state index is 0.00199. The Hall–Kier alpha value is -2.81. The van der Waals surface area contributed by atoms with E-state index >= 15 is 0 Å². The molecule has 27 heavy (non-hydrogen) atoms. The molecule has 9 nitrogen and oxygen atoms in total. The third-order valence-electron chi connectivity index (χ3n) is 3.79. The smallest absolute Gasteiger partial charge is 0.414 e. The monoisotopic (exact) mass is 385 g/mol. The van der Waals surface area contributed by atoms with Crippen LogP contribution in [-0.4, -0.2) is 74.0 Å². The molecule has 2 N–H and O–H groups in total. The maximum atomic E-state index is 12.3. The summed E-state index contributed by atoms with van der Waals surface area (Å²) in [6, 6.07) is 5.52. The van der Waals surface area contributed by atoms with Crippen LogP contribution in [0.5, 0.6) is 11.5 Å². The van der Waals surface area contributed by atoms with Crippen molar-refractivity contribution in [3.05, 3.63) is 23.8 Å². The van der Waals surface area contributed by atoms with Gasteiger partial charge in [0.25, 0.3) is 0 Å². The van der Waals surface area contributed by atoms with Gasteiger partial charge in [-0.1, -0.05) is 6.07 Å². The maximum Gasteiger partial charge on any atom is 0.414 e. The van der Waals surface area contributed by atoms with Crippen molar-refractivity contribution in [3.8, 4) is 11.5 Å². The van der Waals surface area contributed by atoms with Crippen LogP contribution in [0.3, 0.4) is 0 Å². The largest absolute Gasteiger partial charge is 0.493 e. The van der Waals surface area contributed by atoms with Crippen molar-refractivity contribution < 1.29 is 38.8 Å². The number of aliphatic carboxylic acids is 2. The molecule has 0 aliphatic heterocycles. The fraction of sp³-hybridized carbons (Fsp3) is 0.500. The van der Waals surface area contributed by atoms with Crippen LogP contribution in [-0.2, 0) is 19.1 Å². The minimum atomic E-state index is -1.82. The summed E-state index contributed by atoms with van der Waals surface area (Å²) < 4.78 is 15.8. The van der Waals surface area contributed by atoms with Crippen molar-refractivity contribution in [1.82, 2.24) is 4.90 Å². The summed E-state index contributed by atoms with van der Waals surface area (Å²) in [5.41, 5.74) is 0.854. The van der Waals surface area contributed by atoms with E-state index in [4.69, 9.17) is 34.0 Å². The molecule has 1 aromatic carbocycles. The number of benzene rings is 1. The van der Waals surface area contributed by atoms with Gasteiger partial charge in [-0.2, -0.15) is 0 Å². The molecule has 152 valence electrons. The third-order valence-corrected chi connectivity index (χ3v) is 3.79. The molecule has 0 aliphatic rings. The summed E-state index contributed by atoms with van der Waals surface area (Å²) in [6.45, 7) is 4.17. The molecule has 1 rings (SSSR count). The van der Waals surface area contributed by atoms with Gasteiger partial charge in [-0.3, -0.25) is 4.79 Å². The second-order valence-electron chi connectivity index (χ2n) is 5.66.